The first kappa shape index (κ1) is 8.35. The van der Waals surface area contributed by atoms with Gasteiger partial charge >= 0.3 is 5.88 Å². The monoisotopic (exact) mass is 143 g/mol. The highest BCUT2D eigenvalue weighted by atomic mass is 16.6. The van der Waals surface area contributed by atoms with E-state index in [4.69, 9.17) is 4.79 Å². The van der Waals surface area contributed by atoms with Gasteiger partial charge in [0.1, 0.15) is 11.7 Å². The van der Waals surface area contributed by atoms with Crippen molar-refractivity contribution in [2.75, 3.05) is 0 Å². The van der Waals surface area contributed by atoms with Gasteiger partial charge in [-0.3, -0.25) is 10.1 Å². The molecule has 1 aromatic rings. The van der Waals surface area contributed by atoms with E-state index in [0.717, 1.165) is 0 Å². The lowest BCUT2D eigenvalue weighted by atomic mass is 10.6. The zero-order chi connectivity index (χ0) is 7.98. The molecule has 0 aromatic carbocycles. The number of furan rings is 1. The first-order chi connectivity index (χ1) is 4.80. The van der Waals surface area contributed by atoms with Crippen molar-refractivity contribution in [2.45, 2.75) is 0 Å². The van der Waals surface area contributed by atoms with E-state index in [1.165, 1.54) is 18.4 Å². The van der Waals surface area contributed by atoms with Gasteiger partial charge in [-0.25, -0.2) is 0 Å². The minimum Gasteiger partial charge on any atom is -0.409 e. The maximum absolute atomic E-state index is 9.77. The summed E-state index contributed by atoms with van der Waals surface area (Å²) in [4.78, 5) is 17.2. The summed E-state index contributed by atoms with van der Waals surface area (Å²) in [5.41, 5.74) is 0. The Morgan fingerprint density at radius 2 is 2.20 bits per heavy atom. The molecule has 10 heavy (non-hydrogen) atoms. The van der Waals surface area contributed by atoms with Crippen LogP contribution < -0.4 is 0 Å². The molecule has 0 atom stereocenters. The van der Waals surface area contributed by atoms with Crippen LogP contribution in [0.5, 0.6) is 0 Å². The largest absolute Gasteiger partial charge is 0.432 e. The summed E-state index contributed by atoms with van der Waals surface area (Å²) in [6.07, 6.45) is 1.26. The molecule has 0 aliphatic heterocycles. The van der Waals surface area contributed by atoms with Crippen LogP contribution in [-0.2, 0) is 4.79 Å². The average molecular weight is 143 g/mol. The van der Waals surface area contributed by atoms with Gasteiger partial charge in [0.15, 0.2) is 0 Å². The molecule has 0 saturated carbocycles. The standard InChI is InChI=1S/C4H3NO3.CH2O/c6-5(7)4-2-1-3-8-4;1-2/h1-3H;1H2. The van der Waals surface area contributed by atoms with Crippen molar-refractivity contribution in [1.82, 2.24) is 0 Å². The van der Waals surface area contributed by atoms with Crippen molar-refractivity contribution in [3.63, 3.8) is 0 Å². The molecule has 0 radical (unpaired) electrons. The minimum atomic E-state index is -0.583. The predicted molar refractivity (Wildman–Crippen MR) is 32.5 cm³/mol. The SMILES string of the molecule is C=O.O=[N+]([O-])c1ccco1. The van der Waals surface area contributed by atoms with Crippen LogP contribution in [0.15, 0.2) is 22.8 Å². The molecule has 0 unspecified atom stereocenters. The average Bonchev–Trinajstić information content (AvgIpc) is 2.42. The molecular formula is C5H5NO4. The number of nitrogens with zero attached hydrogens (tertiary/aromatic N) is 1. The van der Waals surface area contributed by atoms with E-state index in [-0.39, 0.29) is 5.88 Å². The van der Waals surface area contributed by atoms with Gasteiger partial charge in [-0.05, 0) is 6.07 Å². The van der Waals surface area contributed by atoms with Crippen LogP contribution >= 0.6 is 0 Å². The van der Waals surface area contributed by atoms with E-state index in [1.807, 2.05) is 6.79 Å². The fraction of sp³-hybridized carbons (Fsp3) is 0. The number of carbonyl (C=O) groups is 1. The van der Waals surface area contributed by atoms with Crippen molar-refractivity contribution in [3.05, 3.63) is 28.5 Å². The Balaban J connectivity index is 0.000000371. The molecule has 0 aliphatic rings. The third kappa shape index (κ3) is 2.08. The smallest absolute Gasteiger partial charge is 0.409 e. The van der Waals surface area contributed by atoms with Gasteiger partial charge in [-0.15, -0.1) is 0 Å². The lowest BCUT2D eigenvalue weighted by Crippen LogP contribution is -1.81. The zero-order valence-corrected chi connectivity index (χ0v) is 5.02. The van der Waals surface area contributed by atoms with Gasteiger partial charge in [-0.1, -0.05) is 0 Å². The van der Waals surface area contributed by atoms with E-state index >= 15 is 0 Å². The van der Waals surface area contributed by atoms with Crippen LogP contribution in [0.1, 0.15) is 0 Å². The molecule has 0 bridgehead atoms. The fourth-order valence-electron chi connectivity index (χ4n) is 0.374. The van der Waals surface area contributed by atoms with E-state index in [2.05, 4.69) is 4.42 Å². The fourth-order valence-corrected chi connectivity index (χ4v) is 0.374. The third-order valence-electron chi connectivity index (χ3n) is 0.686. The van der Waals surface area contributed by atoms with Gasteiger partial charge in [0.05, 0.1) is 12.3 Å². The lowest BCUT2D eigenvalue weighted by molar-refractivity contribution is -0.402. The van der Waals surface area contributed by atoms with E-state index < -0.39 is 4.92 Å². The number of nitro groups is 1. The molecule has 0 amide bonds. The minimum absolute atomic E-state index is 0.218. The topological polar surface area (TPSA) is 73.3 Å². The van der Waals surface area contributed by atoms with E-state index in [0.29, 0.717) is 0 Å². The van der Waals surface area contributed by atoms with Crippen LogP contribution in [0, 0.1) is 10.1 Å². The predicted octanol–water partition coefficient (Wildman–Crippen LogP) is 1.00. The quantitative estimate of drug-likeness (QED) is 0.434. The summed E-state index contributed by atoms with van der Waals surface area (Å²) < 4.78 is 4.40. The van der Waals surface area contributed by atoms with Crippen LogP contribution in [0.3, 0.4) is 0 Å². The second-order valence-corrected chi connectivity index (χ2v) is 1.21. The Kier molecular flexibility index (Phi) is 3.55. The van der Waals surface area contributed by atoms with Crippen LogP contribution in [0.25, 0.3) is 0 Å². The van der Waals surface area contributed by atoms with E-state index in [9.17, 15) is 10.1 Å². The van der Waals surface area contributed by atoms with Gasteiger partial charge in [0, 0.05) is 0 Å². The van der Waals surface area contributed by atoms with Crippen molar-refractivity contribution < 1.29 is 14.1 Å². The molecule has 0 fully saturated rings. The number of hydrogen-bond acceptors (Lipinski definition) is 4. The van der Waals surface area contributed by atoms with E-state index in [1.54, 1.807) is 0 Å². The van der Waals surface area contributed by atoms with Crippen molar-refractivity contribution in [1.29, 1.82) is 0 Å². The summed E-state index contributed by atoms with van der Waals surface area (Å²) in [6, 6.07) is 2.76. The molecule has 1 rings (SSSR count). The number of hydrogen-bond donors (Lipinski definition) is 0. The summed E-state index contributed by atoms with van der Waals surface area (Å²) in [7, 11) is 0. The number of rotatable bonds is 1. The molecule has 1 aromatic heterocycles. The van der Waals surface area contributed by atoms with Crippen molar-refractivity contribution in [3.8, 4) is 0 Å². The normalized spacial score (nSPS) is 7.60. The molecule has 0 saturated heterocycles. The third-order valence-corrected chi connectivity index (χ3v) is 0.686. The Morgan fingerprint density at radius 1 is 1.60 bits per heavy atom. The molecule has 54 valence electrons. The molecular weight excluding hydrogens is 138 g/mol. The highest BCUT2D eigenvalue weighted by Gasteiger charge is 2.04. The van der Waals surface area contributed by atoms with Gasteiger partial charge in [-0.2, -0.15) is 0 Å². The summed E-state index contributed by atoms with van der Waals surface area (Å²) in [5, 5.41) is 9.77. The van der Waals surface area contributed by atoms with Crippen molar-refractivity contribution >= 4 is 12.7 Å². The van der Waals surface area contributed by atoms with Crippen LogP contribution in [0.2, 0.25) is 0 Å². The summed E-state index contributed by atoms with van der Waals surface area (Å²) in [5.74, 6) is -0.218. The maximum Gasteiger partial charge on any atom is 0.432 e. The maximum atomic E-state index is 9.77. The Labute approximate surface area is 56.4 Å². The highest BCUT2D eigenvalue weighted by molar-refractivity contribution is 5.11. The molecule has 1 heterocycles. The van der Waals surface area contributed by atoms with Gasteiger partial charge < -0.3 is 9.21 Å². The Morgan fingerprint density at radius 3 is 2.40 bits per heavy atom. The van der Waals surface area contributed by atoms with Crippen LogP contribution in [-0.4, -0.2) is 11.7 Å². The Bertz CT molecular complexity index is 193. The second-order valence-electron chi connectivity index (χ2n) is 1.21. The first-order valence-electron chi connectivity index (χ1n) is 2.27. The highest BCUT2D eigenvalue weighted by Crippen LogP contribution is 2.08. The van der Waals surface area contributed by atoms with Gasteiger partial charge in [0.2, 0.25) is 0 Å². The molecule has 0 aliphatic carbocycles. The summed E-state index contributed by atoms with van der Waals surface area (Å²) in [6.45, 7) is 2.00. The number of carbonyl (C=O) groups excluding carboxylic acids is 1. The Hall–Kier alpha value is -1.65. The van der Waals surface area contributed by atoms with Crippen molar-refractivity contribution in [2.24, 2.45) is 0 Å². The molecule has 0 N–H and O–H groups in total. The zero-order valence-electron chi connectivity index (χ0n) is 5.02. The summed E-state index contributed by atoms with van der Waals surface area (Å²) >= 11 is 0. The molecule has 5 nitrogen and oxygen atoms in total. The molecule has 0 spiro atoms. The lowest BCUT2D eigenvalue weighted by Gasteiger charge is -1.76. The van der Waals surface area contributed by atoms with Gasteiger partial charge in [0.25, 0.3) is 0 Å². The first-order valence-corrected chi connectivity index (χ1v) is 2.27. The van der Waals surface area contributed by atoms with Crippen LogP contribution in [0.4, 0.5) is 5.88 Å². The second kappa shape index (κ2) is 4.25. The molecule has 5 heteroatoms.